The Balaban J connectivity index is 1.60. The summed E-state index contributed by atoms with van der Waals surface area (Å²) in [5.74, 6) is -0.111. The lowest BCUT2D eigenvalue weighted by Gasteiger charge is -2.11. The van der Waals surface area contributed by atoms with Gasteiger partial charge in [0.25, 0.3) is 5.91 Å². The maximum absolute atomic E-state index is 12.3. The maximum atomic E-state index is 12.3. The van der Waals surface area contributed by atoms with E-state index in [-0.39, 0.29) is 17.9 Å². The number of anilines is 1. The van der Waals surface area contributed by atoms with E-state index >= 15 is 0 Å². The standard InChI is InChI=1S/C24H38N2O3/c1-2-3-4-5-6-7-8-9-10-16-23(27)26-21-14-11-13-20(18-21)24(28)25-19-22-15-12-17-29-22/h11,13-14,18,22H,2-10,12,15-17,19H2,1H3,(H,25,28)(H,26,27)/t22-/m1/s1. The highest BCUT2D eigenvalue weighted by atomic mass is 16.5. The first-order chi connectivity index (χ1) is 14.2. The van der Waals surface area contributed by atoms with E-state index in [4.69, 9.17) is 4.74 Å². The first-order valence-electron chi connectivity index (χ1n) is 11.5. The van der Waals surface area contributed by atoms with E-state index < -0.39 is 0 Å². The first kappa shape index (κ1) is 23.4. The molecule has 1 aliphatic rings. The van der Waals surface area contributed by atoms with Crippen LogP contribution in [0.2, 0.25) is 0 Å². The molecule has 29 heavy (non-hydrogen) atoms. The summed E-state index contributed by atoms with van der Waals surface area (Å²) in [5, 5.41) is 5.83. The van der Waals surface area contributed by atoms with Crippen molar-refractivity contribution in [1.82, 2.24) is 5.32 Å². The summed E-state index contributed by atoms with van der Waals surface area (Å²) in [6.07, 6.45) is 13.9. The molecule has 2 amide bonds. The highest BCUT2D eigenvalue weighted by molar-refractivity contribution is 5.97. The lowest BCUT2D eigenvalue weighted by molar-refractivity contribution is -0.116. The number of benzene rings is 1. The number of rotatable bonds is 14. The van der Waals surface area contributed by atoms with Crippen LogP contribution >= 0.6 is 0 Å². The molecule has 2 N–H and O–H groups in total. The lowest BCUT2D eigenvalue weighted by Crippen LogP contribution is -2.31. The highest BCUT2D eigenvalue weighted by Gasteiger charge is 2.16. The fourth-order valence-corrected chi connectivity index (χ4v) is 3.67. The van der Waals surface area contributed by atoms with Crippen LogP contribution < -0.4 is 10.6 Å². The van der Waals surface area contributed by atoms with E-state index in [1.807, 2.05) is 6.07 Å². The molecule has 1 saturated heterocycles. The molecule has 0 aromatic heterocycles. The number of nitrogens with one attached hydrogen (secondary N) is 2. The van der Waals surface area contributed by atoms with Gasteiger partial charge in [-0.3, -0.25) is 9.59 Å². The summed E-state index contributed by atoms with van der Waals surface area (Å²) in [6.45, 7) is 3.55. The third-order valence-corrected chi connectivity index (χ3v) is 5.43. The predicted octanol–water partition coefficient (Wildman–Crippen LogP) is 5.45. The van der Waals surface area contributed by atoms with Gasteiger partial charge in [0.2, 0.25) is 5.91 Å². The molecular formula is C24H38N2O3. The summed E-state index contributed by atoms with van der Waals surface area (Å²) in [6, 6.07) is 7.13. The monoisotopic (exact) mass is 402 g/mol. The van der Waals surface area contributed by atoms with Gasteiger partial charge in [0.15, 0.2) is 0 Å². The predicted molar refractivity (Wildman–Crippen MR) is 118 cm³/mol. The molecule has 0 spiro atoms. The van der Waals surface area contributed by atoms with E-state index in [9.17, 15) is 9.59 Å². The third kappa shape index (κ3) is 9.93. The molecule has 1 atom stereocenters. The zero-order valence-corrected chi connectivity index (χ0v) is 18.0. The van der Waals surface area contributed by atoms with Gasteiger partial charge in [0, 0.05) is 30.8 Å². The molecule has 2 rings (SSSR count). The van der Waals surface area contributed by atoms with Crippen LogP contribution in [0.1, 0.15) is 94.3 Å². The van der Waals surface area contributed by atoms with Crippen LogP contribution in [0.3, 0.4) is 0 Å². The van der Waals surface area contributed by atoms with Crippen LogP contribution in [0.4, 0.5) is 5.69 Å². The van der Waals surface area contributed by atoms with Crippen LogP contribution in [0, 0.1) is 0 Å². The smallest absolute Gasteiger partial charge is 0.251 e. The highest BCUT2D eigenvalue weighted by Crippen LogP contribution is 2.14. The van der Waals surface area contributed by atoms with Crippen molar-refractivity contribution >= 4 is 17.5 Å². The molecule has 1 aromatic rings. The quantitative estimate of drug-likeness (QED) is 0.406. The van der Waals surface area contributed by atoms with Gasteiger partial charge in [-0.1, -0.05) is 64.4 Å². The van der Waals surface area contributed by atoms with E-state index in [1.54, 1.807) is 18.2 Å². The van der Waals surface area contributed by atoms with Gasteiger partial charge in [-0.25, -0.2) is 0 Å². The average molecular weight is 403 g/mol. The summed E-state index contributed by atoms with van der Waals surface area (Å²) in [4.78, 5) is 24.5. The van der Waals surface area contributed by atoms with Crippen molar-refractivity contribution < 1.29 is 14.3 Å². The van der Waals surface area contributed by atoms with Crippen LogP contribution in [-0.2, 0) is 9.53 Å². The summed E-state index contributed by atoms with van der Waals surface area (Å²) in [5.41, 5.74) is 1.24. The van der Waals surface area contributed by atoms with Crippen molar-refractivity contribution in [2.45, 2.75) is 90.1 Å². The molecule has 0 radical (unpaired) electrons. The molecule has 5 heteroatoms. The van der Waals surface area contributed by atoms with Crippen molar-refractivity contribution in [3.05, 3.63) is 29.8 Å². The Bertz CT molecular complexity index is 612. The third-order valence-electron chi connectivity index (χ3n) is 5.43. The summed E-state index contributed by atoms with van der Waals surface area (Å²) >= 11 is 0. The average Bonchev–Trinajstić information content (AvgIpc) is 3.24. The van der Waals surface area contributed by atoms with Gasteiger partial charge in [-0.2, -0.15) is 0 Å². The molecule has 0 aliphatic carbocycles. The second-order valence-electron chi connectivity index (χ2n) is 8.05. The number of hydrogen-bond acceptors (Lipinski definition) is 3. The first-order valence-corrected chi connectivity index (χ1v) is 11.5. The Hall–Kier alpha value is -1.88. The Morgan fingerprint density at radius 1 is 1.03 bits per heavy atom. The fraction of sp³-hybridized carbons (Fsp3) is 0.667. The van der Waals surface area contributed by atoms with Crippen molar-refractivity contribution in [2.24, 2.45) is 0 Å². The molecule has 0 unspecified atom stereocenters. The van der Waals surface area contributed by atoms with E-state index in [1.165, 1.54) is 44.9 Å². The van der Waals surface area contributed by atoms with Crippen LogP contribution in [-0.4, -0.2) is 31.1 Å². The number of carbonyl (C=O) groups is 2. The van der Waals surface area contributed by atoms with Crippen LogP contribution in [0.25, 0.3) is 0 Å². The van der Waals surface area contributed by atoms with Gasteiger partial charge in [0.1, 0.15) is 0 Å². The topological polar surface area (TPSA) is 67.4 Å². The zero-order valence-electron chi connectivity index (χ0n) is 18.0. The Morgan fingerprint density at radius 3 is 2.45 bits per heavy atom. The molecule has 0 saturated carbocycles. The van der Waals surface area contributed by atoms with Crippen molar-refractivity contribution in [2.75, 3.05) is 18.5 Å². The Labute approximate surface area is 176 Å². The molecule has 1 fully saturated rings. The van der Waals surface area contributed by atoms with E-state index in [0.717, 1.165) is 32.3 Å². The summed E-state index contributed by atoms with van der Waals surface area (Å²) in [7, 11) is 0. The second-order valence-corrected chi connectivity index (χ2v) is 8.05. The number of carbonyl (C=O) groups excluding carboxylic acids is 2. The maximum Gasteiger partial charge on any atom is 0.251 e. The largest absolute Gasteiger partial charge is 0.376 e. The zero-order chi connectivity index (χ0) is 20.7. The van der Waals surface area contributed by atoms with Crippen molar-refractivity contribution in [1.29, 1.82) is 0 Å². The Kier molecular flexibility index (Phi) is 11.4. The van der Waals surface area contributed by atoms with Crippen molar-refractivity contribution in [3.8, 4) is 0 Å². The number of unbranched alkanes of at least 4 members (excludes halogenated alkanes) is 8. The number of ether oxygens (including phenoxy) is 1. The minimum Gasteiger partial charge on any atom is -0.376 e. The normalized spacial score (nSPS) is 16.0. The second kappa shape index (κ2) is 14.2. The molecule has 162 valence electrons. The van der Waals surface area contributed by atoms with Gasteiger partial charge in [-0.05, 0) is 37.5 Å². The van der Waals surface area contributed by atoms with Gasteiger partial charge < -0.3 is 15.4 Å². The fourth-order valence-electron chi connectivity index (χ4n) is 3.67. The molecule has 1 heterocycles. The SMILES string of the molecule is CCCCCCCCCCCC(=O)Nc1cccc(C(=O)NC[C@H]2CCCO2)c1. The summed E-state index contributed by atoms with van der Waals surface area (Å²) < 4.78 is 5.53. The number of hydrogen-bond donors (Lipinski definition) is 2. The minimum absolute atomic E-state index is 0.0184. The number of amides is 2. The lowest BCUT2D eigenvalue weighted by atomic mass is 10.1. The van der Waals surface area contributed by atoms with E-state index in [2.05, 4.69) is 17.6 Å². The van der Waals surface area contributed by atoms with E-state index in [0.29, 0.717) is 24.2 Å². The minimum atomic E-state index is -0.129. The van der Waals surface area contributed by atoms with Gasteiger partial charge in [-0.15, -0.1) is 0 Å². The molecule has 5 nitrogen and oxygen atoms in total. The molecule has 1 aliphatic heterocycles. The van der Waals surface area contributed by atoms with Gasteiger partial charge >= 0.3 is 0 Å². The van der Waals surface area contributed by atoms with Crippen LogP contribution in [0.5, 0.6) is 0 Å². The van der Waals surface area contributed by atoms with Crippen LogP contribution in [0.15, 0.2) is 24.3 Å². The Morgan fingerprint density at radius 2 is 1.76 bits per heavy atom. The van der Waals surface area contributed by atoms with Gasteiger partial charge in [0.05, 0.1) is 6.10 Å². The van der Waals surface area contributed by atoms with Crippen molar-refractivity contribution in [3.63, 3.8) is 0 Å². The molecule has 1 aromatic carbocycles. The molecule has 0 bridgehead atoms. The molecular weight excluding hydrogens is 364 g/mol.